The van der Waals surface area contributed by atoms with Gasteiger partial charge < -0.3 is 50.9 Å². The number of hydrogen-bond donors (Lipinski definition) is 10. The quantitative estimate of drug-likeness (QED) is 0.0317. The number of aromatic nitrogens is 16. The molecule has 6 aromatic carbocycles. The van der Waals surface area contributed by atoms with E-state index in [0.717, 1.165) is 60.9 Å². The molecular weight excluding hydrogens is 1280 g/mol. The van der Waals surface area contributed by atoms with Crippen molar-refractivity contribution < 1.29 is 28.7 Å². The van der Waals surface area contributed by atoms with Crippen molar-refractivity contribution in [2.75, 3.05) is 39.3 Å². The molecule has 28 heteroatoms. The summed E-state index contributed by atoms with van der Waals surface area (Å²) in [4.78, 5) is 91.9. The van der Waals surface area contributed by atoms with Crippen LogP contribution in [-0.2, 0) is 32.2 Å². The molecule has 28 nitrogen and oxygen atoms in total. The maximum atomic E-state index is 14.3. The molecule has 16 rings (SSSR count). The van der Waals surface area contributed by atoms with E-state index in [0.29, 0.717) is 102 Å². The zero-order valence-corrected chi connectivity index (χ0v) is 53.8. The van der Waals surface area contributed by atoms with Crippen molar-refractivity contribution in [1.29, 1.82) is 0 Å². The fraction of sp³-hybridized carbons (Fsp3) is 0.110. The van der Waals surface area contributed by atoms with Crippen LogP contribution in [0.1, 0.15) is 52.4 Å². The molecule has 10 heterocycles. The summed E-state index contributed by atoms with van der Waals surface area (Å²) in [5, 5.41) is 48.9. The van der Waals surface area contributed by atoms with Gasteiger partial charge in [-0.05, 0) is 146 Å². The Morgan fingerprint density at radius 3 is 2.09 bits per heavy atom. The lowest BCUT2D eigenvalue weighted by Crippen LogP contribution is -2.31. The van der Waals surface area contributed by atoms with E-state index in [1.807, 2.05) is 115 Å². The molecule has 10 N–H and O–H groups in total. The lowest BCUT2D eigenvalue weighted by atomic mass is 10.0. The van der Waals surface area contributed by atoms with Gasteiger partial charge in [0.1, 0.15) is 36.3 Å². The summed E-state index contributed by atoms with van der Waals surface area (Å²) in [6, 6.07) is 43.3. The van der Waals surface area contributed by atoms with Gasteiger partial charge in [0.25, 0.3) is 5.91 Å². The van der Waals surface area contributed by atoms with Crippen molar-refractivity contribution in [2.24, 2.45) is 0 Å². The summed E-state index contributed by atoms with van der Waals surface area (Å²) in [5.74, 6) is 0.982. The number of nitrogens with one attached hydrogen (secondary N) is 10. The van der Waals surface area contributed by atoms with Gasteiger partial charge in [-0.15, -0.1) is 0 Å². The number of esters is 2. The molecule has 1 aliphatic heterocycles. The summed E-state index contributed by atoms with van der Waals surface area (Å²) < 4.78 is 11.8. The van der Waals surface area contributed by atoms with Gasteiger partial charge in [-0.3, -0.25) is 29.7 Å². The van der Waals surface area contributed by atoms with E-state index in [1.54, 1.807) is 80.1 Å². The highest BCUT2D eigenvalue weighted by molar-refractivity contribution is 6.00. The van der Waals surface area contributed by atoms with E-state index in [-0.39, 0.29) is 50.2 Å². The van der Waals surface area contributed by atoms with Gasteiger partial charge in [-0.2, -0.15) is 25.5 Å². The number of nitrogens with zero attached hydrogens (tertiary/aromatic N) is 12. The molecule has 0 bridgehead atoms. The van der Waals surface area contributed by atoms with Gasteiger partial charge in [0.05, 0.1) is 77.3 Å². The molecule has 0 saturated heterocycles. The van der Waals surface area contributed by atoms with Crippen LogP contribution in [0.5, 0.6) is 0 Å². The molecule has 0 spiro atoms. The molecule has 496 valence electrons. The highest BCUT2D eigenvalue weighted by Crippen LogP contribution is 2.39. The predicted octanol–water partition coefficient (Wildman–Crippen LogP) is 12.2. The Bertz CT molecular complexity index is 5690. The Hall–Kier alpha value is -14.1. The van der Waals surface area contributed by atoms with E-state index < -0.39 is 18.0 Å². The molecule has 1 aliphatic rings. The van der Waals surface area contributed by atoms with E-state index in [1.165, 1.54) is 12.4 Å². The van der Waals surface area contributed by atoms with Crippen LogP contribution < -0.4 is 31.5 Å². The van der Waals surface area contributed by atoms with Crippen molar-refractivity contribution in [2.45, 2.75) is 39.5 Å². The second-order valence-corrected chi connectivity index (χ2v) is 24.2. The fourth-order valence-electron chi connectivity index (χ4n) is 12.0. The van der Waals surface area contributed by atoms with Crippen LogP contribution in [0, 0.1) is 0 Å². The molecule has 0 atom stereocenters. The van der Waals surface area contributed by atoms with E-state index in [9.17, 15) is 19.2 Å². The first-order valence-corrected chi connectivity index (χ1v) is 32.1. The van der Waals surface area contributed by atoms with Crippen molar-refractivity contribution in [1.82, 2.24) is 86.0 Å². The Morgan fingerprint density at radius 2 is 1.33 bits per heavy atom. The summed E-state index contributed by atoms with van der Waals surface area (Å²) in [6.07, 6.45) is 13.0. The number of carbonyl (C=O) groups is 4. The van der Waals surface area contributed by atoms with Crippen molar-refractivity contribution in [3.63, 3.8) is 0 Å². The molecule has 0 unspecified atom stereocenters. The Balaban J connectivity index is 0.699. The number of ether oxygens (including phenoxy) is 2. The molecule has 2 amide bonds. The number of fused-ring (bicyclic) bond motifs is 5. The number of anilines is 8. The number of aromatic amines is 5. The number of carbonyl (C=O) groups excluding carboxylic acids is 4. The summed E-state index contributed by atoms with van der Waals surface area (Å²) in [7, 11) is 0. The average molecular weight is 1340 g/mol. The van der Waals surface area contributed by atoms with Crippen LogP contribution in [0.3, 0.4) is 0 Å². The topological polar surface area (TPSA) is 371 Å². The second-order valence-electron chi connectivity index (χ2n) is 24.2. The monoisotopic (exact) mass is 1340 g/mol. The minimum absolute atomic E-state index is 0.110. The normalized spacial score (nSPS) is 12.2. The molecule has 0 radical (unpaired) electrons. The lowest BCUT2D eigenvalue weighted by molar-refractivity contribution is -0.143. The summed E-state index contributed by atoms with van der Waals surface area (Å²) in [6.45, 7) is 3.55. The van der Waals surface area contributed by atoms with Crippen LogP contribution in [0.15, 0.2) is 189 Å². The highest BCUT2D eigenvalue weighted by Gasteiger charge is 2.25. The average Bonchev–Trinajstić information content (AvgIpc) is 1.75. The first-order chi connectivity index (χ1) is 49.4. The van der Waals surface area contributed by atoms with Crippen LogP contribution in [0.2, 0.25) is 0 Å². The molecule has 9 aromatic heterocycles. The van der Waals surface area contributed by atoms with Gasteiger partial charge in [-0.25, -0.2) is 34.7 Å². The number of hydrogen-bond acceptors (Lipinski definition) is 21. The van der Waals surface area contributed by atoms with Gasteiger partial charge >= 0.3 is 11.9 Å². The fourth-order valence-corrected chi connectivity index (χ4v) is 12.0. The van der Waals surface area contributed by atoms with Gasteiger partial charge in [-0.1, -0.05) is 18.2 Å². The van der Waals surface area contributed by atoms with E-state index >= 15 is 0 Å². The van der Waals surface area contributed by atoms with Crippen LogP contribution in [0.4, 0.5) is 45.9 Å². The number of rotatable bonds is 20. The summed E-state index contributed by atoms with van der Waals surface area (Å²) in [5.41, 5.74) is 13.2. The third-order valence-corrected chi connectivity index (χ3v) is 16.9. The van der Waals surface area contributed by atoms with Crippen molar-refractivity contribution in [3.05, 3.63) is 212 Å². The minimum atomic E-state index is -0.581. The smallest absolute Gasteiger partial charge is 0.355 e. The predicted molar refractivity (Wildman–Crippen MR) is 380 cm³/mol. The second kappa shape index (κ2) is 26.5. The highest BCUT2D eigenvalue weighted by atomic mass is 16.5. The zero-order valence-electron chi connectivity index (χ0n) is 53.8. The standard InChI is InChI=1S/C73H58N22O6/c1-39(2)101-73(99)62-29-53-48(38-100-68(97)37-95-20-16-67(96)88-58-10-6-43(28-63(58)95)69-74-17-14-64(90-69)84-50-7-11-55-46(23-50)32-81-93-55)21-45(27-60(53)86-62)70-75-18-15-65(91-70)87-57-9-5-40(49-34-79-80-35-49)25-54(57)61-30-66(85-51-8-12-56-47(24-51)33-82-94-56)92-71(89-61)42-4-3-41-22-52(83-59(41)26-42)36-76-72(98)44-13-19-77-78-31-44/h3-15,17-19,21-35,39,83,86H,16,20,36-38H2,1-2H3,(H,76,98)(H,79,80)(H,81,93)(H,82,94)(H,88,96)(H,74,84,90)(H,75,87,91)(H,85,89,92). The molecular formula is C73H58N22O6. The number of benzene rings is 6. The van der Waals surface area contributed by atoms with Gasteiger partial charge in [0.15, 0.2) is 17.5 Å². The van der Waals surface area contributed by atoms with Gasteiger partial charge in [0, 0.05) is 115 Å². The van der Waals surface area contributed by atoms with Crippen LogP contribution >= 0.6 is 0 Å². The number of amides is 2. The molecule has 0 aliphatic carbocycles. The molecule has 101 heavy (non-hydrogen) atoms. The number of H-pyrrole nitrogens is 5. The molecule has 0 fully saturated rings. The SMILES string of the molecule is CC(C)OC(=O)c1cc2c(COC(=O)CN3CCC(=O)Nc4ccc(-c5nccc(Nc6ccc7[nH]ncc7c6)n5)cc43)cc(-c3nccc(Nc4ccc(-c5cn[nH]c5)cc4-c4cc(Nc5ccc6[nH]ncc6c5)nc(-c5ccc6cc(CNC(=O)c7ccnnc7)[nH]c6c5)n4)n3)cc2[nH]1. The maximum Gasteiger partial charge on any atom is 0.355 e. The lowest BCUT2D eigenvalue weighted by Gasteiger charge is -2.24. The third kappa shape index (κ3) is 13.4. The van der Waals surface area contributed by atoms with Crippen molar-refractivity contribution in [3.8, 4) is 56.5 Å². The summed E-state index contributed by atoms with van der Waals surface area (Å²) >= 11 is 0. The Morgan fingerprint density at radius 1 is 0.594 bits per heavy atom. The first kappa shape index (κ1) is 61.8. The van der Waals surface area contributed by atoms with E-state index in [4.69, 9.17) is 34.4 Å². The Kier molecular flexibility index (Phi) is 16.2. The largest absolute Gasteiger partial charge is 0.459 e. The maximum absolute atomic E-state index is 14.3. The Labute approximate surface area is 572 Å². The van der Waals surface area contributed by atoms with Crippen LogP contribution in [0.25, 0.3) is 100 Å². The van der Waals surface area contributed by atoms with Crippen LogP contribution in [-0.4, -0.2) is 124 Å². The van der Waals surface area contributed by atoms with Gasteiger partial charge in [0.2, 0.25) is 5.91 Å². The van der Waals surface area contributed by atoms with Crippen molar-refractivity contribution >= 4 is 113 Å². The van der Waals surface area contributed by atoms with E-state index in [2.05, 4.69) is 82.3 Å². The minimum Gasteiger partial charge on any atom is -0.459 e. The zero-order chi connectivity index (χ0) is 68.5. The molecule has 15 aromatic rings. The molecule has 0 saturated carbocycles. The third-order valence-electron chi connectivity index (χ3n) is 16.9. The first-order valence-electron chi connectivity index (χ1n) is 32.1.